The molecule has 0 radical (unpaired) electrons. The van der Waals surface area contributed by atoms with Crippen LogP contribution in [0.4, 0.5) is 0 Å². The first-order valence-electron chi connectivity index (χ1n) is 13.4. The van der Waals surface area contributed by atoms with E-state index in [9.17, 15) is 0 Å². The third-order valence-corrected chi connectivity index (χ3v) is 20.8. The molecule has 0 nitrogen and oxygen atoms in total. The van der Waals surface area contributed by atoms with Crippen molar-refractivity contribution in [3.8, 4) is 0 Å². The van der Waals surface area contributed by atoms with Gasteiger partial charge in [0.05, 0.1) is 0 Å². The van der Waals surface area contributed by atoms with Gasteiger partial charge in [-0.3, -0.25) is 0 Å². The SMILES string of the molecule is CC1=C(C)C(C)C(C2=C(C)C(C)=C(C)C2C)=C1C.[CH3][Zr+2]([CH3])([CH3])([CH3])[C]1=CC=CC1.[Cl-].[Cl-].[Cl][Zr]([Cl])[C]1=CC=CC1. The van der Waals surface area contributed by atoms with E-state index in [-0.39, 0.29) is 24.8 Å². The molecule has 0 aromatic rings. The monoisotopic (exact) mass is 752 g/mol. The van der Waals surface area contributed by atoms with Crippen molar-refractivity contribution >= 4 is 17.0 Å². The van der Waals surface area contributed by atoms with Gasteiger partial charge in [0.1, 0.15) is 0 Å². The van der Waals surface area contributed by atoms with E-state index in [0.29, 0.717) is 11.8 Å². The van der Waals surface area contributed by atoms with Crippen molar-refractivity contribution in [2.24, 2.45) is 11.8 Å². The normalized spacial score (nSPS) is 22.5. The van der Waals surface area contributed by atoms with E-state index >= 15 is 0 Å². The molecule has 0 spiro atoms. The molecule has 0 aliphatic heterocycles. The molecule has 0 heterocycles. The van der Waals surface area contributed by atoms with Crippen molar-refractivity contribution < 1.29 is 63.0 Å². The van der Waals surface area contributed by atoms with Gasteiger partial charge < -0.3 is 24.8 Å². The van der Waals surface area contributed by atoms with Gasteiger partial charge in [-0.25, -0.2) is 0 Å². The van der Waals surface area contributed by atoms with Crippen LogP contribution in [0.2, 0.25) is 18.5 Å². The van der Waals surface area contributed by atoms with E-state index in [4.69, 9.17) is 17.0 Å². The van der Waals surface area contributed by atoms with Gasteiger partial charge in [0.15, 0.2) is 0 Å². The molecule has 0 aromatic carbocycles. The summed E-state index contributed by atoms with van der Waals surface area (Å²) in [6.07, 6.45) is 15.2. The fraction of sp³-hybridized carbons (Fsp3) is 0.500. The Balaban J connectivity index is 0.000000582. The van der Waals surface area contributed by atoms with Crippen molar-refractivity contribution in [1.29, 1.82) is 0 Å². The summed E-state index contributed by atoms with van der Waals surface area (Å²) in [7, 11) is 11.5. The van der Waals surface area contributed by atoms with Crippen LogP contribution in [0.5, 0.6) is 0 Å². The number of rotatable bonds is 3. The average Bonchev–Trinajstić information content (AvgIpc) is 3.57. The number of hydrogen-bond acceptors (Lipinski definition) is 0. The summed E-state index contributed by atoms with van der Waals surface area (Å²) in [5, 5.41) is 0. The molecule has 0 aromatic heterocycles. The maximum atomic E-state index is 5.74. The third kappa shape index (κ3) is 9.43. The molecular weight excluding hydrogens is 709 g/mol. The van der Waals surface area contributed by atoms with Crippen molar-refractivity contribution in [3.05, 3.63) is 87.6 Å². The summed E-state index contributed by atoms with van der Waals surface area (Å²) in [6, 6.07) is 0. The van der Waals surface area contributed by atoms with Crippen LogP contribution in [0, 0.1) is 11.8 Å². The van der Waals surface area contributed by atoms with Crippen molar-refractivity contribution in [1.82, 2.24) is 0 Å². The summed E-state index contributed by atoms with van der Waals surface area (Å²) >= 11 is -4.17. The Labute approximate surface area is 263 Å². The maximum absolute atomic E-state index is 5.74. The van der Waals surface area contributed by atoms with Crippen LogP contribution in [0.3, 0.4) is 0 Å². The minimum atomic E-state index is -2.20. The van der Waals surface area contributed by atoms with Crippen molar-refractivity contribution in [2.75, 3.05) is 0 Å². The molecular formula is C32H48Cl4Zr2. The molecule has 0 saturated heterocycles. The van der Waals surface area contributed by atoms with Crippen LogP contribution >= 0.6 is 17.0 Å². The summed E-state index contributed by atoms with van der Waals surface area (Å²) < 4.78 is 13.0. The average molecular weight is 757 g/mol. The van der Waals surface area contributed by atoms with Crippen molar-refractivity contribution in [2.45, 2.75) is 86.8 Å². The molecule has 2 unspecified atom stereocenters. The second-order valence-electron chi connectivity index (χ2n) is 13.0. The van der Waals surface area contributed by atoms with Crippen LogP contribution in [0.25, 0.3) is 0 Å². The number of hydrogen-bond donors (Lipinski definition) is 0. The van der Waals surface area contributed by atoms with Gasteiger partial charge in [-0.05, 0) is 75.0 Å². The molecule has 212 valence electrons. The topological polar surface area (TPSA) is 0 Å². The summed E-state index contributed by atoms with van der Waals surface area (Å²) in [5.41, 5.74) is 12.4. The summed E-state index contributed by atoms with van der Waals surface area (Å²) in [6.45, 7) is 18.5. The fourth-order valence-electron chi connectivity index (χ4n) is 5.37. The van der Waals surface area contributed by atoms with Gasteiger partial charge in [0, 0.05) is 11.8 Å². The van der Waals surface area contributed by atoms with Crippen molar-refractivity contribution in [3.63, 3.8) is 0 Å². The van der Waals surface area contributed by atoms with Crippen LogP contribution < -0.4 is 24.8 Å². The van der Waals surface area contributed by atoms with E-state index in [1.807, 2.05) is 12.2 Å². The fourth-order valence-corrected chi connectivity index (χ4v) is 12.4. The molecule has 0 bridgehead atoms. The second kappa shape index (κ2) is 15.4. The first-order valence-corrected chi connectivity index (χ1v) is 32.0. The molecule has 6 heteroatoms. The Hall–Kier alpha value is 0.846. The Bertz CT molecular complexity index is 1090. The van der Waals surface area contributed by atoms with Gasteiger partial charge in [-0.15, -0.1) is 0 Å². The zero-order chi connectivity index (χ0) is 27.6. The predicted octanol–water partition coefficient (Wildman–Crippen LogP) is 6.07. The molecule has 2 atom stereocenters. The van der Waals surface area contributed by atoms with Gasteiger partial charge in [-0.1, -0.05) is 25.0 Å². The minimum absolute atomic E-state index is 0. The van der Waals surface area contributed by atoms with Crippen LogP contribution in [-0.2, 0) is 38.1 Å². The van der Waals surface area contributed by atoms with E-state index < -0.39 is 38.1 Å². The van der Waals surface area contributed by atoms with Gasteiger partial charge >= 0.3 is 130 Å². The standard InChI is InChI=1S/C18H26.2C5H5.4CH3.4ClH.2Zr/c1-9-10(2)14(6)17(13(9)5)18-15(7)11(3)12(4)16(18)8;2*1-2-4-5-3-1;;;;;;;;;;/h13,15H,1-8H3;2*1-3H,4H2;4*1H3;4*1H;;/q;;;;;;;;;;;2*+2/p-4. The zero-order valence-corrected chi connectivity index (χ0v) is 33.5. The molecule has 0 saturated carbocycles. The molecule has 4 rings (SSSR count). The van der Waals surface area contributed by atoms with Crippen LogP contribution in [0.15, 0.2) is 87.6 Å². The Morgan fingerprint density at radius 1 is 0.658 bits per heavy atom. The van der Waals surface area contributed by atoms with Gasteiger partial charge in [-0.2, -0.15) is 0 Å². The molecule has 38 heavy (non-hydrogen) atoms. The second-order valence-corrected chi connectivity index (χ2v) is 42.8. The van der Waals surface area contributed by atoms with Gasteiger partial charge in [0.25, 0.3) is 0 Å². The molecule has 0 fully saturated rings. The van der Waals surface area contributed by atoms with E-state index in [2.05, 4.69) is 98.2 Å². The van der Waals surface area contributed by atoms with Crippen LogP contribution in [-0.4, -0.2) is 0 Å². The van der Waals surface area contributed by atoms with E-state index in [0.717, 1.165) is 6.42 Å². The van der Waals surface area contributed by atoms with Gasteiger partial charge in [0.2, 0.25) is 0 Å². The number of allylic oxidation sites excluding steroid dienone is 16. The first kappa shape index (κ1) is 38.8. The molecule has 0 amide bonds. The summed E-state index contributed by atoms with van der Waals surface area (Å²) in [5.74, 6) is 1.19. The molecule has 0 N–H and O–H groups in total. The summed E-state index contributed by atoms with van der Waals surface area (Å²) in [4.78, 5) is 0. The Kier molecular flexibility index (Phi) is 15.7. The van der Waals surface area contributed by atoms with Crippen LogP contribution in [0.1, 0.15) is 68.2 Å². The Morgan fingerprint density at radius 3 is 1.24 bits per heavy atom. The zero-order valence-electron chi connectivity index (χ0n) is 25.5. The predicted molar refractivity (Wildman–Crippen MR) is 159 cm³/mol. The first-order chi connectivity index (χ1) is 16.5. The van der Waals surface area contributed by atoms with E-state index in [1.165, 1.54) is 32.0 Å². The molecule has 4 aliphatic carbocycles. The quantitative estimate of drug-likeness (QED) is 0.329. The number of halogens is 4. The molecule has 4 aliphatic rings. The van der Waals surface area contributed by atoms with E-state index in [1.54, 1.807) is 25.6 Å². The third-order valence-electron chi connectivity index (χ3n) is 8.64. The Morgan fingerprint density at radius 2 is 1.05 bits per heavy atom.